The van der Waals surface area contributed by atoms with Crippen LogP contribution in [0, 0.1) is 6.92 Å². The van der Waals surface area contributed by atoms with Crippen LogP contribution in [0.25, 0.3) is 11.0 Å². The minimum absolute atomic E-state index is 0.217. The summed E-state index contributed by atoms with van der Waals surface area (Å²) in [5.41, 5.74) is 2.08. The number of fused-ring (bicyclic) bond motifs is 1. The van der Waals surface area contributed by atoms with Crippen LogP contribution in [-0.4, -0.2) is 33.0 Å². The van der Waals surface area contributed by atoms with Crippen molar-refractivity contribution in [3.05, 3.63) is 16.3 Å². The number of nitrogens with zero attached hydrogens (tertiary/aromatic N) is 5. The molecule has 0 N–H and O–H groups in total. The van der Waals surface area contributed by atoms with Crippen LogP contribution in [0.4, 0.5) is 5.82 Å². The van der Waals surface area contributed by atoms with Gasteiger partial charge in [-0.05, 0) is 49.4 Å². The number of aryl methyl sites for hydroxylation is 1. The smallest absolute Gasteiger partial charge is 0.225 e. The van der Waals surface area contributed by atoms with Crippen molar-refractivity contribution in [2.45, 2.75) is 26.2 Å². The third-order valence-electron chi connectivity index (χ3n) is 3.30. The maximum atomic E-state index is 6.02. The fourth-order valence-corrected chi connectivity index (χ4v) is 2.78. The highest BCUT2D eigenvalue weighted by Gasteiger charge is 2.19. The van der Waals surface area contributed by atoms with Crippen molar-refractivity contribution in [3.8, 4) is 0 Å². The number of aromatic nitrogens is 4. The summed E-state index contributed by atoms with van der Waals surface area (Å²) in [6.45, 7) is 3.77. The Balaban J connectivity index is 2.21. The van der Waals surface area contributed by atoms with Crippen LogP contribution in [0.15, 0.2) is 0 Å². The molecule has 0 aliphatic carbocycles. The van der Waals surface area contributed by atoms with Gasteiger partial charge in [-0.15, -0.1) is 0 Å². The van der Waals surface area contributed by atoms with Crippen LogP contribution in [-0.2, 0) is 0 Å². The molecule has 1 aliphatic heterocycles. The largest absolute Gasteiger partial charge is 0.355 e. The average Bonchev–Trinajstić information content (AvgIpc) is 2.40. The molecular weight excluding hydrogens is 285 g/mol. The topological polar surface area (TPSA) is 54.8 Å². The maximum absolute atomic E-state index is 6.02. The molecule has 0 unspecified atom stereocenters. The third kappa shape index (κ3) is 2.44. The van der Waals surface area contributed by atoms with E-state index < -0.39 is 0 Å². The Morgan fingerprint density at radius 2 is 1.47 bits per heavy atom. The molecular formula is C12H13Cl2N5. The Labute approximate surface area is 121 Å². The van der Waals surface area contributed by atoms with Gasteiger partial charge in [0.1, 0.15) is 11.0 Å². The summed E-state index contributed by atoms with van der Waals surface area (Å²) < 4.78 is 0. The minimum Gasteiger partial charge on any atom is -0.355 e. The Bertz CT molecular complexity index is 625. The number of rotatable bonds is 1. The molecule has 1 saturated heterocycles. The second-order valence-electron chi connectivity index (χ2n) is 4.64. The van der Waals surface area contributed by atoms with Crippen molar-refractivity contribution in [1.82, 2.24) is 19.9 Å². The highest BCUT2D eigenvalue weighted by molar-refractivity contribution is 6.29. The zero-order valence-corrected chi connectivity index (χ0v) is 12.0. The lowest BCUT2D eigenvalue weighted by atomic mass is 10.1. The van der Waals surface area contributed by atoms with Gasteiger partial charge in [-0.1, -0.05) is 0 Å². The predicted octanol–water partition coefficient (Wildman–Crippen LogP) is 3.03. The quantitative estimate of drug-likeness (QED) is 0.757. The first-order chi connectivity index (χ1) is 9.15. The van der Waals surface area contributed by atoms with E-state index in [9.17, 15) is 0 Å². The number of halogens is 2. The van der Waals surface area contributed by atoms with E-state index in [2.05, 4.69) is 24.8 Å². The molecule has 1 fully saturated rings. The van der Waals surface area contributed by atoms with E-state index in [0.717, 1.165) is 37.4 Å². The average molecular weight is 298 g/mol. The molecule has 3 heterocycles. The van der Waals surface area contributed by atoms with Gasteiger partial charge in [0.15, 0.2) is 5.82 Å². The predicted molar refractivity (Wildman–Crippen MR) is 75.9 cm³/mol. The lowest BCUT2D eigenvalue weighted by Crippen LogP contribution is -2.30. The van der Waals surface area contributed by atoms with Crippen molar-refractivity contribution in [1.29, 1.82) is 0 Å². The van der Waals surface area contributed by atoms with Gasteiger partial charge >= 0.3 is 0 Å². The van der Waals surface area contributed by atoms with Gasteiger partial charge in [-0.25, -0.2) is 15.0 Å². The van der Waals surface area contributed by atoms with Crippen LogP contribution in [0.3, 0.4) is 0 Å². The third-order valence-corrected chi connectivity index (χ3v) is 3.64. The molecule has 2 aromatic heterocycles. The lowest BCUT2D eigenvalue weighted by molar-refractivity contribution is 0.574. The summed E-state index contributed by atoms with van der Waals surface area (Å²) in [6, 6.07) is 0. The molecule has 0 amide bonds. The van der Waals surface area contributed by atoms with Gasteiger partial charge < -0.3 is 4.90 Å². The molecule has 19 heavy (non-hydrogen) atoms. The molecule has 0 spiro atoms. The summed E-state index contributed by atoms with van der Waals surface area (Å²) in [4.78, 5) is 19.1. The summed E-state index contributed by atoms with van der Waals surface area (Å²) in [5, 5.41) is 0.441. The summed E-state index contributed by atoms with van der Waals surface area (Å²) in [7, 11) is 0. The molecule has 3 rings (SSSR count). The number of piperidine rings is 1. The molecule has 0 bridgehead atoms. The lowest BCUT2D eigenvalue weighted by Gasteiger charge is -2.28. The van der Waals surface area contributed by atoms with Crippen molar-refractivity contribution in [2.24, 2.45) is 0 Å². The zero-order valence-electron chi connectivity index (χ0n) is 10.5. The molecule has 0 radical (unpaired) electrons. The van der Waals surface area contributed by atoms with Crippen LogP contribution < -0.4 is 4.90 Å². The molecule has 0 atom stereocenters. The fourth-order valence-electron chi connectivity index (χ4n) is 2.41. The number of hydrogen-bond donors (Lipinski definition) is 0. The maximum Gasteiger partial charge on any atom is 0.225 e. The number of hydrogen-bond acceptors (Lipinski definition) is 5. The summed E-state index contributed by atoms with van der Waals surface area (Å²) in [5.74, 6) is 0.766. The molecule has 0 aromatic carbocycles. The highest BCUT2D eigenvalue weighted by Crippen LogP contribution is 2.28. The van der Waals surface area contributed by atoms with Crippen LogP contribution in [0.1, 0.15) is 25.0 Å². The van der Waals surface area contributed by atoms with Crippen molar-refractivity contribution in [3.63, 3.8) is 0 Å². The Kier molecular flexibility index (Phi) is 3.41. The van der Waals surface area contributed by atoms with Gasteiger partial charge in [-0.3, -0.25) is 0 Å². The normalized spacial score (nSPS) is 16.1. The highest BCUT2D eigenvalue weighted by atomic mass is 35.5. The van der Waals surface area contributed by atoms with Gasteiger partial charge in [0.2, 0.25) is 10.6 Å². The summed E-state index contributed by atoms with van der Waals surface area (Å²) >= 11 is 12.0. The zero-order chi connectivity index (χ0) is 13.4. The summed E-state index contributed by atoms with van der Waals surface area (Å²) in [6.07, 6.45) is 3.56. The van der Waals surface area contributed by atoms with E-state index in [0.29, 0.717) is 11.0 Å². The molecule has 0 saturated carbocycles. The van der Waals surface area contributed by atoms with Crippen molar-refractivity contribution >= 4 is 40.1 Å². The van der Waals surface area contributed by atoms with E-state index in [1.165, 1.54) is 6.42 Å². The first kappa shape index (κ1) is 12.8. The van der Waals surface area contributed by atoms with Crippen LogP contribution in [0.5, 0.6) is 0 Å². The Hall–Kier alpha value is -1.20. The molecule has 7 heteroatoms. The van der Waals surface area contributed by atoms with E-state index in [1.54, 1.807) is 0 Å². The van der Waals surface area contributed by atoms with Gasteiger partial charge in [-0.2, -0.15) is 4.98 Å². The first-order valence-corrected chi connectivity index (χ1v) is 7.03. The van der Waals surface area contributed by atoms with Gasteiger partial charge in [0.25, 0.3) is 0 Å². The van der Waals surface area contributed by atoms with Gasteiger partial charge in [0, 0.05) is 13.1 Å². The Morgan fingerprint density at radius 1 is 0.842 bits per heavy atom. The van der Waals surface area contributed by atoms with Crippen LogP contribution >= 0.6 is 23.2 Å². The second kappa shape index (κ2) is 5.06. The minimum atomic E-state index is 0.217. The molecule has 100 valence electrons. The SMILES string of the molecule is Cc1nc(Cl)nc2c(N3CCCCC3)nc(Cl)nc12. The van der Waals surface area contributed by atoms with Crippen LogP contribution in [0.2, 0.25) is 10.6 Å². The van der Waals surface area contributed by atoms with E-state index >= 15 is 0 Å². The van der Waals surface area contributed by atoms with E-state index in [-0.39, 0.29) is 10.6 Å². The molecule has 1 aliphatic rings. The monoisotopic (exact) mass is 297 g/mol. The standard InChI is InChI=1S/C12H13Cl2N5/c1-7-8-9(17-11(13)15-7)10(18-12(14)16-8)19-5-3-2-4-6-19/h2-6H2,1H3. The van der Waals surface area contributed by atoms with Crippen molar-refractivity contribution in [2.75, 3.05) is 18.0 Å². The fraction of sp³-hybridized carbons (Fsp3) is 0.500. The Morgan fingerprint density at radius 3 is 2.21 bits per heavy atom. The van der Waals surface area contributed by atoms with Crippen molar-refractivity contribution < 1.29 is 0 Å². The van der Waals surface area contributed by atoms with Gasteiger partial charge in [0.05, 0.1) is 5.69 Å². The molecule has 5 nitrogen and oxygen atoms in total. The number of anilines is 1. The van der Waals surface area contributed by atoms with E-state index in [4.69, 9.17) is 23.2 Å². The van der Waals surface area contributed by atoms with E-state index in [1.807, 2.05) is 6.92 Å². The molecule has 2 aromatic rings. The first-order valence-electron chi connectivity index (χ1n) is 6.27. The second-order valence-corrected chi connectivity index (χ2v) is 5.32.